The van der Waals surface area contributed by atoms with Crippen LogP contribution in [0.4, 0.5) is 0 Å². The molecule has 0 aromatic heterocycles. The summed E-state index contributed by atoms with van der Waals surface area (Å²) in [6.07, 6.45) is 2.79. The van der Waals surface area contributed by atoms with Gasteiger partial charge in [-0.1, -0.05) is 45.8 Å². The van der Waals surface area contributed by atoms with Crippen molar-refractivity contribution in [1.29, 1.82) is 0 Å². The lowest BCUT2D eigenvalue weighted by molar-refractivity contribution is -0.139. The molecular weight excluding hydrogens is 268 g/mol. The van der Waals surface area contributed by atoms with Crippen LogP contribution in [0.25, 0.3) is 0 Å². The molecule has 0 fully saturated rings. The van der Waals surface area contributed by atoms with Crippen molar-refractivity contribution in [3.8, 4) is 0 Å². The molecule has 1 atom stereocenters. The van der Waals surface area contributed by atoms with Crippen molar-refractivity contribution in [2.75, 3.05) is 7.11 Å². The van der Waals surface area contributed by atoms with Gasteiger partial charge in [-0.2, -0.15) is 0 Å². The van der Waals surface area contributed by atoms with Crippen LogP contribution < -0.4 is 0 Å². The number of carbonyl (C=O) groups excluding carboxylic acids is 1. The van der Waals surface area contributed by atoms with E-state index in [-0.39, 0.29) is 10.8 Å². The highest BCUT2D eigenvalue weighted by Gasteiger charge is 2.13. The summed E-state index contributed by atoms with van der Waals surface area (Å²) >= 11 is 3.32. The Labute approximate surface area is 105 Å². The normalized spacial score (nSPS) is 12.2. The van der Waals surface area contributed by atoms with Gasteiger partial charge in [0, 0.05) is 0 Å². The number of hydrogen-bond donors (Lipinski definition) is 0. The van der Waals surface area contributed by atoms with Crippen LogP contribution in [0.2, 0.25) is 0 Å². The van der Waals surface area contributed by atoms with Gasteiger partial charge in [0.15, 0.2) is 0 Å². The topological polar surface area (TPSA) is 26.3 Å². The van der Waals surface area contributed by atoms with Gasteiger partial charge < -0.3 is 4.74 Å². The number of hydrogen-bond acceptors (Lipinski definition) is 2. The predicted molar refractivity (Wildman–Crippen MR) is 68.8 cm³/mol. The second-order valence-electron chi connectivity index (χ2n) is 3.87. The molecule has 0 amide bonds. The largest absolute Gasteiger partial charge is 0.468 e. The Hall–Kier alpha value is -0.830. The quantitative estimate of drug-likeness (QED) is 0.613. The Balaban J connectivity index is 2.33. The smallest absolute Gasteiger partial charge is 0.319 e. The zero-order valence-electron chi connectivity index (χ0n) is 9.70. The molecule has 0 spiro atoms. The number of esters is 1. The Kier molecular flexibility index (Phi) is 5.53. The Morgan fingerprint density at radius 2 is 2.25 bits per heavy atom. The van der Waals surface area contributed by atoms with Crippen LogP contribution in [0, 0.1) is 6.92 Å². The molecule has 0 saturated carbocycles. The van der Waals surface area contributed by atoms with Crippen LogP contribution in [0.3, 0.4) is 0 Å². The lowest BCUT2D eigenvalue weighted by Gasteiger charge is -2.07. The van der Waals surface area contributed by atoms with Crippen molar-refractivity contribution >= 4 is 21.9 Å². The molecular formula is C13H17BrO2. The summed E-state index contributed by atoms with van der Waals surface area (Å²) in [5.74, 6) is -0.191. The minimum atomic E-state index is -0.191. The summed E-state index contributed by atoms with van der Waals surface area (Å²) in [6, 6.07) is 8.46. The number of ether oxygens (including phenoxy) is 1. The number of aryl methyl sites for hydroxylation is 2. The number of methoxy groups -OCH3 is 1. The van der Waals surface area contributed by atoms with Crippen molar-refractivity contribution in [1.82, 2.24) is 0 Å². The molecule has 0 radical (unpaired) electrons. The molecule has 1 aromatic rings. The molecule has 0 aliphatic heterocycles. The molecule has 1 rings (SSSR count). The number of halogens is 1. The first-order chi connectivity index (χ1) is 7.63. The molecule has 2 nitrogen and oxygen atoms in total. The maximum atomic E-state index is 11.1. The molecule has 0 aliphatic rings. The third-order valence-electron chi connectivity index (χ3n) is 2.46. The first kappa shape index (κ1) is 13.2. The van der Waals surface area contributed by atoms with E-state index in [1.165, 1.54) is 18.2 Å². The number of benzene rings is 1. The second kappa shape index (κ2) is 6.69. The Morgan fingerprint density at radius 1 is 1.50 bits per heavy atom. The van der Waals surface area contributed by atoms with Gasteiger partial charge in [-0.15, -0.1) is 0 Å². The van der Waals surface area contributed by atoms with Crippen molar-refractivity contribution < 1.29 is 9.53 Å². The average molecular weight is 285 g/mol. The zero-order chi connectivity index (χ0) is 12.0. The van der Waals surface area contributed by atoms with E-state index in [9.17, 15) is 4.79 Å². The first-order valence-corrected chi connectivity index (χ1v) is 6.32. The molecule has 1 aromatic carbocycles. The average Bonchev–Trinajstić information content (AvgIpc) is 2.28. The Bertz CT molecular complexity index is 350. The fourth-order valence-electron chi connectivity index (χ4n) is 1.60. The van der Waals surface area contributed by atoms with Crippen molar-refractivity contribution in [3.05, 3.63) is 35.4 Å². The summed E-state index contributed by atoms with van der Waals surface area (Å²) < 4.78 is 4.65. The van der Waals surface area contributed by atoms with E-state index >= 15 is 0 Å². The van der Waals surface area contributed by atoms with Gasteiger partial charge in [-0.05, 0) is 31.7 Å². The summed E-state index contributed by atoms with van der Waals surface area (Å²) in [5.41, 5.74) is 2.60. The van der Waals surface area contributed by atoms with Crippen molar-refractivity contribution in [2.24, 2.45) is 0 Å². The van der Waals surface area contributed by atoms with E-state index in [0.29, 0.717) is 0 Å². The SMILES string of the molecule is COC(=O)C(Br)CCCc1cccc(C)c1. The predicted octanol–water partition coefficient (Wildman–Crippen LogP) is 3.25. The van der Waals surface area contributed by atoms with Crippen molar-refractivity contribution in [2.45, 2.75) is 31.0 Å². The molecule has 0 bridgehead atoms. The zero-order valence-corrected chi connectivity index (χ0v) is 11.3. The van der Waals surface area contributed by atoms with Crippen molar-refractivity contribution in [3.63, 3.8) is 0 Å². The van der Waals surface area contributed by atoms with Crippen LogP contribution in [-0.2, 0) is 16.0 Å². The first-order valence-electron chi connectivity index (χ1n) is 5.41. The fourth-order valence-corrected chi connectivity index (χ4v) is 2.11. The number of carbonyl (C=O) groups is 1. The number of rotatable bonds is 5. The molecule has 1 unspecified atom stereocenters. The maximum absolute atomic E-state index is 11.1. The summed E-state index contributed by atoms with van der Waals surface area (Å²) in [4.78, 5) is 11.0. The van der Waals surface area contributed by atoms with Gasteiger partial charge in [0.2, 0.25) is 0 Å². The second-order valence-corrected chi connectivity index (χ2v) is 4.98. The molecule has 3 heteroatoms. The van der Waals surface area contributed by atoms with Crippen LogP contribution in [0.5, 0.6) is 0 Å². The summed E-state index contributed by atoms with van der Waals surface area (Å²) in [5, 5.41) is 0. The highest BCUT2D eigenvalue weighted by molar-refractivity contribution is 9.10. The summed E-state index contributed by atoms with van der Waals surface area (Å²) in [6.45, 7) is 2.09. The molecule has 0 saturated heterocycles. The highest BCUT2D eigenvalue weighted by Crippen LogP contribution is 2.13. The molecule has 0 N–H and O–H groups in total. The fraction of sp³-hybridized carbons (Fsp3) is 0.462. The minimum absolute atomic E-state index is 0.178. The summed E-state index contributed by atoms with van der Waals surface area (Å²) in [7, 11) is 1.41. The van der Waals surface area contributed by atoms with E-state index in [1.807, 2.05) is 0 Å². The maximum Gasteiger partial charge on any atom is 0.319 e. The van der Waals surface area contributed by atoms with Crippen LogP contribution in [0.1, 0.15) is 24.0 Å². The molecule has 16 heavy (non-hydrogen) atoms. The molecule has 0 aliphatic carbocycles. The molecule has 0 heterocycles. The van der Waals surface area contributed by atoms with Gasteiger partial charge in [0.05, 0.1) is 7.11 Å². The van der Waals surface area contributed by atoms with Crippen LogP contribution in [0.15, 0.2) is 24.3 Å². The third kappa shape index (κ3) is 4.35. The molecule has 88 valence electrons. The van der Waals surface area contributed by atoms with E-state index < -0.39 is 0 Å². The van der Waals surface area contributed by atoms with Gasteiger partial charge in [0.1, 0.15) is 4.83 Å². The van der Waals surface area contributed by atoms with Gasteiger partial charge >= 0.3 is 5.97 Å². The van der Waals surface area contributed by atoms with Gasteiger partial charge in [-0.25, -0.2) is 0 Å². The lowest BCUT2D eigenvalue weighted by Crippen LogP contribution is -2.15. The standard InChI is InChI=1S/C13H17BrO2/c1-10-5-3-6-11(9-10)7-4-8-12(14)13(15)16-2/h3,5-6,9,12H,4,7-8H2,1-2H3. The van der Waals surface area contributed by atoms with E-state index in [2.05, 4.69) is 51.9 Å². The van der Waals surface area contributed by atoms with E-state index in [4.69, 9.17) is 0 Å². The van der Waals surface area contributed by atoms with Crippen LogP contribution >= 0.6 is 15.9 Å². The Morgan fingerprint density at radius 3 is 2.88 bits per heavy atom. The number of alkyl halides is 1. The minimum Gasteiger partial charge on any atom is -0.468 e. The van der Waals surface area contributed by atoms with E-state index in [1.54, 1.807) is 0 Å². The van der Waals surface area contributed by atoms with Gasteiger partial charge in [-0.3, -0.25) is 4.79 Å². The van der Waals surface area contributed by atoms with Gasteiger partial charge in [0.25, 0.3) is 0 Å². The lowest BCUT2D eigenvalue weighted by atomic mass is 10.1. The highest BCUT2D eigenvalue weighted by atomic mass is 79.9. The monoisotopic (exact) mass is 284 g/mol. The van der Waals surface area contributed by atoms with E-state index in [0.717, 1.165) is 19.3 Å². The third-order valence-corrected chi connectivity index (χ3v) is 3.29. The van der Waals surface area contributed by atoms with Crippen LogP contribution in [-0.4, -0.2) is 17.9 Å².